The van der Waals surface area contributed by atoms with Crippen LogP contribution in [0.25, 0.3) is 10.6 Å². The Labute approximate surface area is 131 Å². The summed E-state index contributed by atoms with van der Waals surface area (Å²) in [6, 6.07) is 13.2. The van der Waals surface area contributed by atoms with Crippen LogP contribution in [0.5, 0.6) is 11.5 Å². The molecular weight excluding hydrogens is 306 g/mol. The Balaban J connectivity index is 1.79. The molecule has 0 saturated carbocycles. The minimum Gasteiger partial charge on any atom is -0.457 e. The van der Waals surface area contributed by atoms with Crippen LogP contribution in [0.15, 0.2) is 42.5 Å². The second-order valence-corrected chi connectivity index (χ2v) is 5.90. The van der Waals surface area contributed by atoms with Gasteiger partial charge in [-0.2, -0.15) is 0 Å². The van der Waals surface area contributed by atoms with Crippen molar-refractivity contribution in [2.45, 2.75) is 6.92 Å². The summed E-state index contributed by atoms with van der Waals surface area (Å²) in [5.74, 6) is 1.50. The fourth-order valence-corrected chi connectivity index (χ4v) is 2.57. The molecule has 0 aliphatic rings. The summed E-state index contributed by atoms with van der Waals surface area (Å²) in [5.41, 5.74) is 7.53. The van der Waals surface area contributed by atoms with Crippen molar-refractivity contribution in [3.8, 4) is 22.1 Å². The van der Waals surface area contributed by atoms with Crippen molar-refractivity contribution in [2.24, 2.45) is 0 Å². The first-order valence-corrected chi connectivity index (χ1v) is 7.45. The van der Waals surface area contributed by atoms with E-state index in [2.05, 4.69) is 10.2 Å². The van der Waals surface area contributed by atoms with E-state index in [-0.39, 0.29) is 0 Å². The zero-order valence-electron chi connectivity index (χ0n) is 11.2. The first-order valence-electron chi connectivity index (χ1n) is 6.25. The normalized spacial score (nSPS) is 10.6. The molecule has 1 heterocycles. The summed E-state index contributed by atoms with van der Waals surface area (Å²) in [6.45, 7) is 1.94. The van der Waals surface area contributed by atoms with E-state index in [1.807, 2.05) is 49.4 Å². The average Bonchev–Trinajstić information content (AvgIpc) is 2.90. The van der Waals surface area contributed by atoms with Crippen molar-refractivity contribution in [3.05, 3.63) is 53.1 Å². The number of halogens is 1. The molecule has 0 unspecified atom stereocenters. The first-order chi connectivity index (χ1) is 10.1. The van der Waals surface area contributed by atoms with Crippen molar-refractivity contribution in [2.75, 3.05) is 5.73 Å². The number of nitrogens with two attached hydrogens (primary N) is 1. The molecule has 0 saturated heterocycles. The maximum atomic E-state index is 6.00. The topological polar surface area (TPSA) is 61.0 Å². The molecule has 106 valence electrons. The fourth-order valence-electron chi connectivity index (χ4n) is 1.83. The Bertz CT molecular complexity index is 771. The molecule has 0 aliphatic carbocycles. The maximum Gasteiger partial charge on any atom is 0.203 e. The van der Waals surface area contributed by atoms with Gasteiger partial charge in [0.25, 0.3) is 0 Å². The Hall–Kier alpha value is -2.11. The second kappa shape index (κ2) is 5.71. The molecule has 3 rings (SSSR count). The SMILES string of the molecule is Cc1cc(Oc2ccc(-c3nnc(N)s3)cc2)ccc1Cl. The van der Waals surface area contributed by atoms with Gasteiger partial charge in [0, 0.05) is 10.6 Å². The van der Waals surface area contributed by atoms with Crippen LogP contribution < -0.4 is 10.5 Å². The summed E-state index contributed by atoms with van der Waals surface area (Å²) in [7, 11) is 0. The third kappa shape index (κ3) is 3.15. The van der Waals surface area contributed by atoms with Gasteiger partial charge in [-0.05, 0) is 55.0 Å². The summed E-state index contributed by atoms with van der Waals surface area (Å²) >= 11 is 7.35. The number of nitrogens with zero attached hydrogens (tertiary/aromatic N) is 2. The first kappa shape index (κ1) is 13.9. The number of hydrogen-bond donors (Lipinski definition) is 1. The number of anilines is 1. The van der Waals surface area contributed by atoms with E-state index in [9.17, 15) is 0 Å². The van der Waals surface area contributed by atoms with Crippen molar-refractivity contribution >= 4 is 28.1 Å². The summed E-state index contributed by atoms with van der Waals surface area (Å²) < 4.78 is 5.79. The monoisotopic (exact) mass is 317 g/mol. The fraction of sp³-hybridized carbons (Fsp3) is 0.0667. The van der Waals surface area contributed by atoms with Crippen LogP contribution in [-0.2, 0) is 0 Å². The van der Waals surface area contributed by atoms with Gasteiger partial charge < -0.3 is 10.5 Å². The van der Waals surface area contributed by atoms with E-state index in [4.69, 9.17) is 22.1 Å². The van der Waals surface area contributed by atoms with E-state index < -0.39 is 0 Å². The molecule has 0 aliphatic heterocycles. The van der Waals surface area contributed by atoms with Crippen LogP contribution in [0.3, 0.4) is 0 Å². The molecule has 4 nitrogen and oxygen atoms in total. The van der Waals surface area contributed by atoms with Crippen LogP contribution in [0.4, 0.5) is 5.13 Å². The Morgan fingerprint density at radius 2 is 1.76 bits per heavy atom. The molecule has 0 spiro atoms. The predicted octanol–water partition coefficient (Wildman–Crippen LogP) is 4.54. The Kier molecular flexibility index (Phi) is 3.77. The third-order valence-electron chi connectivity index (χ3n) is 2.91. The lowest BCUT2D eigenvalue weighted by Gasteiger charge is -2.07. The lowest BCUT2D eigenvalue weighted by atomic mass is 10.2. The standard InChI is InChI=1S/C15H12ClN3OS/c1-9-8-12(6-7-13(9)16)20-11-4-2-10(3-5-11)14-18-19-15(17)21-14/h2-8H,1H3,(H2,17,19). The van der Waals surface area contributed by atoms with Crippen molar-refractivity contribution in [1.29, 1.82) is 0 Å². The average molecular weight is 318 g/mol. The third-order valence-corrected chi connectivity index (χ3v) is 4.13. The minimum atomic E-state index is 0.460. The highest BCUT2D eigenvalue weighted by Crippen LogP contribution is 2.29. The highest BCUT2D eigenvalue weighted by Gasteiger charge is 2.05. The number of rotatable bonds is 3. The molecule has 2 N–H and O–H groups in total. The summed E-state index contributed by atoms with van der Waals surface area (Å²) in [4.78, 5) is 0. The van der Waals surface area contributed by atoms with Crippen LogP contribution in [0, 0.1) is 6.92 Å². The van der Waals surface area contributed by atoms with Gasteiger partial charge in [-0.25, -0.2) is 0 Å². The molecule has 1 aromatic heterocycles. The highest BCUT2D eigenvalue weighted by atomic mass is 35.5. The zero-order valence-corrected chi connectivity index (χ0v) is 12.8. The van der Waals surface area contributed by atoms with Crippen molar-refractivity contribution < 1.29 is 4.74 Å². The molecule has 0 amide bonds. The smallest absolute Gasteiger partial charge is 0.203 e. The van der Waals surface area contributed by atoms with Gasteiger partial charge in [0.15, 0.2) is 0 Å². The van der Waals surface area contributed by atoms with Gasteiger partial charge in [0.2, 0.25) is 5.13 Å². The van der Waals surface area contributed by atoms with Gasteiger partial charge in [-0.3, -0.25) is 0 Å². The van der Waals surface area contributed by atoms with Gasteiger partial charge in [-0.1, -0.05) is 22.9 Å². The zero-order chi connectivity index (χ0) is 14.8. The molecule has 3 aromatic rings. The quantitative estimate of drug-likeness (QED) is 0.770. The lowest BCUT2D eigenvalue weighted by molar-refractivity contribution is 0.482. The lowest BCUT2D eigenvalue weighted by Crippen LogP contribution is -1.86. The molecule has 0 bridgehead atoms. The Morgan fingerprint density at radius 3 is 2.38 bits per heavy atom. The number of ether oxygens (including phenoxy) is 1. The number of hydrogen-bond acceptors (Lipinski definition) is 5. The van der Waals surface area contributed by atoms with Crippen LogP contribution in [0.1, 0.15) is 5.56 Å². The maximum absolute atomic E-state index is 6.00. The number of benzene rings is 2. The van der Waals surface area contributed by atoms with Gasteiger partial charge in [0.1, 0.15) is 16.5 Å². The molecule has 2 aromatic carbocycles. The van der Waals surface area contributed by atoms with Crippen LogP contribution in [0.2, 0.25) is 5.02 Å². The van der Waals surface area contributed by atoms with E-state index in [0.29, 0.717) is 5.13 Å². The molecule has 6 heteroatoms. The van der Waals surface area contributed by atoms with E-state index in [1.165, 1.54) is 11.3 Å². The minimum absolute atomic E-state index is 0.460. The van der Waals surface area contributed by atoms with Crippen molar-refractivity contribution in [3.63, 3.8) is 0 Å². The molecule has 0 atom stereocenters. The highest BCUT2D eigenvalue weighted by molar-refractivity contribution is 7.18. The Morgan fingerprint density at radius 1 is 1.05 bits per heavy atom. The van der Waals surface area contributed by atoms with E-state index >= 15 is 0 Å². The van der Waals surface area contributed by atoms with Crippen molar-refractivity contribution in [1.82, 2.24) is 10.2 Å². The molecule has 0 fully saturated rings. The number of aryl methyl sites for hydroxylation is 1. The van der Waals surface area contributed by atoms with Gasteiger partial charge in [0.05, 0.1) is 0 Å². The molecule has 21 heavy (non-hydrogen) atoms. The second-order valence-electron chi connectivity index (χ2n) is 4.48. The largest absolute Gasteiger partial charge is 0.457 e. The number of aromatic nitrogens is 2. The predicted molar refractivity (Wildman–Crippen MR) is 86.0 cm³/mol. The van der Waals surface area contributed by atoms with Crippen LogP contribution in [-0.4, -0.2) is 10.2 Å². The summed E-state index contributed by atoms with van der Waals surface area (Å²) in [5, 5.41) is 9.79. The van der Waals surface area contributed by atoms with Crippen LogP contribution >= 0.6 is 22.9 Å². The van der Waals surface area contributed by atoms with E-state index in [1.54, 1.807) is 0 Å². The molecular formula is C15H12ClN3OS. The van der Waals surface area contributed by atoms with E-state index in [0.717, 1.165) is 32.7 Å². The van der Waals surface area contributed by atoms with Gasteiger partial charge >= 0.3 is 0 Å². The number of nitrogen functional groups attached to an aromatic ring is 1. The summed E-state index contributed by atoms with van der Waals surface area (Å²) in [6.07, 6.45) is 0. The molecule has 0 radical (unpaired) electrons. The van der Waals surface area contributed by atoms with Gasteiger partial charge in [-0.15, -0.1) is 10.2 Å².